The SMILES string of the molecule is CCCCC1OC2(CCN(CC(O)C3COc4ccccc4O3)CC2)CN(CC)C1=O. The summed E-state index contributed by atoms with van der Waals surface area (Å²) < 4.78 is 18.2. The van der Waals surface area contributed by atoms with E-state index in [1.54, 1.807) is 0 Å². The summed E-state index contributed by atoms with van der Waals surface area (Å²) in [5.41, 5.74) is -0.257. The van der Waals surface area contributed by atoms with E-state index in [1.807, 2.05) is 36.1 Å². The zero-order valence-electron chi connectivity index (χ0n) is 18.8. The summed E-state index contributed by atoms with van der Waals surface area (Å²) >= 11 is 0. The number of morpholine rings is 1. The van der Waals surface area contributed by atoms with Crippen LogP contribution in [0.2, 0.25) is 0 Å². The maximum absolute atomic E-state index is 12.7. The van der Waals surface area contributed by atoms with Gasteiger partial charge in [-0.05, 0) is 38.3 Å². The van der Waals surface area contributed by atoms with Crippen molar-refractivity contribution in [2.24, 2.45) is 0 Å². The van der Waals surface area contributed by atoms with Crippen molar-refractivity contribution in [3.05, 3.63) is 24.3 Å². The number of rotatable bonds is 7. The molecule has 3 atom stereocenters. The molecule has 2 saturated heterocycles. The number of hydrogen-bond donors (Lipinski definition) is 1. The molecular weight excluding hydrogens is 396 g/mol. The van der Waals surface area contributed by atoms with Crippen molar-refractivity contribution < 1.29 is 24.1 Å². The lowest BCUT2D eigenvalue weighted by molar-refractivity contribution is -0.194. The lowest BCUT2D eigenvalue weighted by Crippen LogP contribution is -2.62. The Morgan fingerprint density at radius 2 is 1.94 bits per heavy atom. The Labute approximate surface area is 185 Å². The summed E-state index contributed by atoms with van der Waals surface area (Å²) in [6.45, 7) is 8.18. The van der Waals surface area contributed by atoms with Crippen LogP contribution in [0.15, 0.2) is 24.3 Å². The van der Waals surface area contributed by atoms with Crippen molar-refractivity contribution in [2.75, 3.05) is 39.3 Å². The molecule has 0 saturated carbocycles. The van der Waals surface area contributed by atoms with Crippen LogP contribution < -0.4 is 9.47 Å². The number of ether oxygens (including phenoxy) is 3. The van der Waals surface area contributed by atoms with Crippen LogP contribution >= 0.6 is 0 Å². The fourth-order valence-corrected chi connectivity index (χ4v) is 4.89. The van der Waals surface area contributed by atoms with Gasteiger partial charge in [0.25, 0.3) is 5.91 Å². The highest BCUT2D eigenvalue weighted by atomic mass is 16.6. The number of fused-ring (bicyclic) bond motifs is 1. The largest absolute Gasteiger partial charge is 0.486 e. The number of carbonyl (C=O) groups is 1. The number of benzene rings is 1. The molecule has 1 aromatic carbocycles. The fraction of sp³-hybridized carbons (Fsp3) is 0.708. The van der Waals surface area contributed by atoms with Crippen molar-refractivity contribution in [3.8, 4) is 11.5 Å². The maximum Gasteiger partial charge on any atom is 0.251 e. The Bertz CT molecular complexity index is 749. The van der Waals surface area contributed by atoms with E-state index in [9.17, 15) is 9.90 Å². The van der Waals surface area contributed by atoms with Crippen molar-refractivity contribution in [1.82, 2.24) is 9.80 Å². The number of unbranched alkanes of at least 4 members (excludes halogenated alkanes) is 1. The monoisotopic (exact) mass is 432 g/mol. The minimum absolute atomic E-state index is 0.147. The number of para-hydroxylation sites is 2. The second-order valence-corrected chi connectivity index (χ2v) is 9.07. The standard InChI is InChI=1S/C24H36N2O5/c1-3-5-8-21-23(28)26(4-2)17-24(31-21)11-13-25(14-12-24)15-18(27)22-16-29-19-9-6-7-10-20(19)30-22/h6-7,9-10,18,21-22,27H,3-5,8,11-17H2,1-2H3. The van der Waals surface area contributed by atoms with E-state index >= 15 is 0 Å². The van der Waals surface area contributed by atoms with E-state index in [2.05, 4.69) is 11.8 Å². The zero-order valence-corrected chi connectivity index (χ0v) is 18.8. The van der Waals surface area contributed by atoms with Gasteiger partial charge in [0.2, 0.25) is 0 Å². The summed E-state index contributed by atoms with van der Waals surface area (Å²) in [5, 5.41) is 10.8. The molecule has 3 unspecified atom stereocenters. The predicted octanol–water partition coefficient (Wildman–Crippen LogP) is 2.46. The van der Waals surface area contributed by atoms with Gasteiger partial charge in [0.15, 0.2) is 17.6 Å². The molecule has 3 aliphatic heterocycles. The third-order valence-corrected chi connectivity index (χ3v) is 6.83. The highest BCUT2D eigenvalue weighted by molar-refractivity contribution is 5.81. The number of β-amino-alcohol motifs (C(OH)–C–C–N with tert-alkyl or cyclic N) is 1. The predicted molar refractivity (Wildman–Crippen MR) is 117 cm³/mol. The number of likely N-dealkylation sites (tertiary alicyclic amines) is 1. The van der Waals surface area contributed by atoms with Gasteiger partial charge in [-0.1, -0.05) is 31.9 Å². The lowest BCUT2D eigenvalue weighted by atomic mass is 9.87. The minimum Gasteiger partial charge on any atom is -0.486 e. The van der Waals surface area contributed by atoms with Gasteiger partial charge in [-0.3, -0.25) is 4.79 Å². The number of likely N-dealkylation sites (N-methyl/N-ethyl adjacent to an activating group) is 1. The summed E-state index contributed by atoms with van der Waals surface area (Å²) in [4.78, 5) is 16.9. The van der Waals surface area contributed by atoms with E-state index in [0.29, 0.717) is 25.4 Å². The van der Waals surface area contributed by atoms with Crippen LogP contribution in [0.3, 0.4) is 0 Å². The number of piperidine rings is 1. The molecule has 0 aliphatic carbocycles. The smallest absolute Gasteiger partial charge is 0.251 e. The third kappa shape index (κ3) is 4.99. The van der Waals surface area contributed by atoms with Gasteiger partial charge in [-0.25, -0.2) is 0 Å². The van der Waals surface area contributed by atoms with Gasteiger partial charge in [-0.2, -0.15) is 0 Å². The van der Waals surface area contributed by atoms with Crippen molar-refractivity contribution >= 4 is 5.91 Å². The Kier molecular flexibility index (Phi) is 7.04. The number of aliphatic hydroxyl groups excluding tert-OH is 1. The molecule has 4 rings (SSSR count). The van der Waals surface area contributed by atoms with Gasteiger partial charge >= 0.3 is 0 Å². The highest BCUT2D eigenvalue weighted by Crippen LogP contribution is 2.35. The van der Waals surface area contributed by atoms with Crippen molar-refractivity contribution in [2.45, 2.75) is 69.9 Å². The molecule has 7 nitrogen and oxygen atoms in total. The second kappa shape index (κ2) is 9.76. The van der Waals surface area contributed by atoms with Crippen LogP contribution in [-0.4, -0.2) is 84.1 Å². The van der Waals surface area contributed by atoms with Crippen LogP contribution in [-0.2, 0) is 9.53 Å². The average molecular weight is 433 g/mol. The fourth-order valence-electron chi connectivity index (χ4n) is 4.89. The summed E-state index contributed by atoms with van der Waals surface area (Å²) in [5.74, 6) is 1.57. The topological polar surface area (TPSA) is 71.5 Å². The molecule has 1 amide bonds. The molecule has 0 aromatic heterocycles. The third-order valence-electron chi connectivity index (χ3n) is 6.83. The summed E-state index contributed by atoms with van der Waals surface area (Å²) in [6.07, 6.45) is 3.32. The van der Waals surface area contributed by atoms with E-state index in [0.717, 1.165) is 57.5 Å². The molecule has 3 aliphatic rings. The first kappa shape index (κ1) is 22.4. The number of aliphatic hydroxyl groups is 1. The average Bonchev–Trinajstić information content (AvgIpc) is 2.80. The lowest BCUT2D eigenvalue weighted by Gasteiger charge is -2.49. The number of amides is 1. The van der Waals surface area contributed by atoms with Crippen LogP contribution in [0.4, 0.5) is 0 Å². The molecular formula is C24H36N2O5. The molecule has 2 fully saturated rings. The highest BCUT2D eigenvalue weighted by Gasteiger charge is 2.46. The Morgan fingerprint density at radius 1 is 1.19 bits per heavy atom. The molecule has 1 N–H and O–H groups in total. The summed E-state index contributed by atoms with van der Waals surface area (Å²) in [6, 6.07) is 7.57. The van der Waals surface area contributed by atoms with E-state index < -0.39 is 6.10 Å². The van der Waals surface area contributed by atoms with Crippen LogP contribution in [0, 0.1) is 0 Å². The minimum atomic E-state index is -0.624. The van der Waals surface area contributed by atoms with Crippen molar-refractivity contribution in [3.63, 3.8) is 0 Å². The molecule has 31 heavy (non-hydrogen) atoms. The normalized spacial score (nSPS) is 26.8. The zero-order chi connectivity index (χ0) is 21.8. The molecule has 1 aromatic rings. The number of hydrogen-bond acceptors (Lipinski definition) is 6. The first-order valence-corrected chi connectivity index (χ1v) is 11.8. The Hall–Kier alpha value is -1.83. The second-order valence-electron chi connectivity index (χ2n) is 9.07. The van der Waals surface area contributed by atoms with Gasteiger partial charge in [0, 0.05) is 32.7 Å². The van der Waals surface area contributed by atoms with Crippen LogP contribution in [0.5, 0.6) is 11.5 Å². The number of carbonyl (C=O) groups excluding carboxylic acids is 1. The van der Waals surface area contributed by atoms with E-state index in [4.69, 9.17) is 14.2 Å². The molecule has 1 spiro atoms. The van der Waals surface area contributed by atoms with Gasteiger partial charge in [0.05, 0.1) is 5.60 Å². The van der Waals surface area contributed by atoms with Gasteiger partial charge in [0.1, 0.15) is 18.8 Å². The quantitative estimate of drug-likeness (QED) is 0.714. The van der Waals surface area contributed by atoms with Crippen molar-refractivity contribution in [1.29, 1.82) is 0 Å². The molecule has 0 bridgehead atoms. The summed E-state index contributed by atoms with van der Waals surface area (Å²) in [7, 11) is 0. The first-order chi connectivity index (χ1) is 15.0. The van der Waals surface area contributed by atoms with Gasteiger partial charge in [-0.15, -0.1) is 0 Å². The Morgan fingerprint density at radius 3 is 2.65 bits per heavy atom. The van der Waals surface area contributed by atoms with E-state index in [1.165, 1.54) is 0 Å². The molecule has 0 radical (unpaired) electrons. The van der Waals surface area contributed by atoms with E-state index in [-0.39, 0.29) is 23.7 Å². The number of nitrogens with zero attached hydrogens (tertiary/aromatic N) is 2. The molecule has 7 heteroatoms. The van der Waals surface area contributed by atoms with Crippen LogP contribution in [0.25, 0.3) is 0 Å². The molecule has 172 valence electrons. The van der Waals surface area contributed by atoms with Gasteiger partial charge < -0.3 is 29.1 Å². The molecule has 3 heterocycles. The van der Waals surface area contributed by atoms with Crippen LogP contribution in [0.1, 0.15) is 46.0 Å². The first-order valence-electron chi connectivity index (χ1n) is 11.8. The maximum atomic E-state index is 12.7. The Balaban J connectivity index is 1.31.